The monoisotopic (exact) mass is 306 g/mol. The molecule has 108 valence electrons. The standard InChI is InChI=1S/C13H11ClN4O3/c1-7-5-8(13(15)16)6-11(17-7)21-12-9(14)3-2-4-10(12)18(19)20/h2-6H,1H3,(H3,15,16). The number of benzene rings is 1. The van der Waals surface area contributed by atoms with Gasteiger partial charge in [-0.05, 0) is 19.1 Å². The van der Waals surface area contributed by atoms with Crippen LogP contribution in [0.2, 0.25) is 5.02 Å². The van der Waals surface area contributed by atoms with Gasteiger partial charge in [0.25, 0.3) is 0 Å². The van der Waals surface area contributed by atoms with Gasteiger partial charge in [0.15, 0.2) is 0 Å². The predicted molar refractivity (Wildman–Crippen MR) is 78.2 cm³/mol. The average Bonchev–Trinajstić information content (AvgIpc) is 2.40. The number of hydrogen-bond acceptors (Lipinski definition) is 5. The van der Waals surface area contributed by atoms with Crippen LogP contribution < -0.4 is 10.5 Å². The first-order valence-corrected chi connectivity index (χ1v) is 6.20. The van der Waals surface area contributed by atoms with Crippen molar-refractivity contribution in [2.75, 3.05) is 0 Å². The number of hydrogen-bond donors (Lipinski definition) is 2. The number of nitrogen functional groups attached to an aromatic ring is 1. The van der Waals surface area contributed by atoms with E-state index in [0.717, 1.165) is 0 Å². The molecule has 1 aromatic heterocycles. The molecule has 0 aliphatic heterocycles. The third-order valence-corrected chi connectivity index (χ3v) is 2.89. The summed E-state index contributed by atoms with van der Waals surface area (Å²) in [6.45, 7) is 1.69. The SMILES string of the molecule is Cc1cc(C(=N)N)cc(Oc2c(Cl)cccc2[N+](=O)[O-])n1. The molecule has 8 heteroatoms. The van der Waals surface area contributed by atoms with Crippen LogP contribution in [-0.2, 0) is 0 Å². The summed E-state index contributed by atoms with van der Waals surface area (Å²) < 4.78 is 5.44. The zero-order valence-corrected chi connectivity index (χ0v) is 11.7. The van der Waals surface area contributed by atoms with E-state index in [-0.39, 0.29) is 28.2 Å². The lowest BCUT2D eigenvalue weighted by Gasteiger charge is -2.09. The molecule has 0 atom stereocenters. The minimum atomic E-state index is -0.594. The van der Waals surface area contributed by atoms with Gasteiger partial charge in [0.2, 0.25) is 11.6 Å². The molecule has 2 aromatic rings. The number of nitrogens with one attached hydrogen (secondary N) is 1. The topological polar surface area (TPSA) is 115 Å². The van der Waals surface area contributed by atoms with E-state index < -0.39 is 4.92 Å². The van der Waals surface area contributed by atoms with Gasteiger partial charge in [0.1, 0.15) is 5.84 Å². The molecule has 0 aliphatic carbocycles. The number of amidine groups is 1. The predicted octanol–water partition coefficient (Wildman–Crippen LogP) is 3.03. The number of rotatable bonds is 4. The van der Waals surface area contributed by atoms with Crippen LogP contribution >= 0.6 is 11.6 Å². The summed E-state index contributed by atoms with van der Waals surface area (Å²) in [6.07, 6.45) is 0. The molecule has 0 unspecified atom stereocenters. The highest BCUT2D eigenvalue weighted by Gasteiger charge is 2.20. The Bertz CT molecular complexity index is 733. The molecule has 1 heterocycles. The molecule has 0 spiro atoms. The van der Waals surface area contributed by atoms with Gasteiger partial charge in [0, 0.05) is 23.4 Å². The van der Waals surface area contributed by atoms with E-state index in [0.29, 0.717) is 11.3 Å². The fraction of sp³-hybridized carbons (Fsp3) is 0.0769. The summed E-state index contributed by atoms with van der Waals surface area (Å²) in [6, 6.07) is 7.24. The zero-order chi connectivity index (χ0) is 15.6. The Balaban J connectivity index is 2.48. The van der Waals surface area contributed by atoms with Crippen LogP contribution in [0.3, 0.4) is 0 Å². The van der Waals surface area contributed by atoms with Crippen molar-refractivity contribution in [3.05, 3.63) is 56.7 Å². The van der Waals surface area contributed by atoms with E-state index in [9.17, 15) is 10.1 Å². The Kier molecular flexibility index (Phi) is 4.04. The summed E-state index contributed by atoms with van der Waals surface area (Å²) >= 11 is 5.94. The number of aryl methyl sites for hydroxylation is 1. The van der Waals surface area contributed by atoms with Crippen molar-refractivity contribution >= 4 is 23.1 Å². The highest BCUT2D eigenvalue weighted by atomic mass is 35.5. The van der Waals surface area contributed by atoms with Crippen molar-refractivity contribution in [1.82, 2.24) is 4.98 Å². The minimum Gasteiger partial charge on any atom is -0.430 e. The van der Waals surface area contributed by atoms with E-state index >= 15 is 0 Å². The van der Waals surface area contributed by atoms with Gasteiger partial charge in [0.05, 0.1) is 9.95 Å². The minimum absolute atomic E-state index is 0.0800. The number of nitrogens with two attached hydrogens (primary N) is 1. The molecule has 21 heavy (non-hydrogen) atoms. The van der Waals surface area contributed by atoms with Crippen LogP contribution in [0, 0.1) is 22.4 Å². The van der Waals surface area contributed by atoms with Crippen LogP contribution in [0.25, 0.3) is 0 Å². The molecule has 0 aliphatic rings. The second kappa shape index (κ2) is 5.76. The fourth-order valence-corrected chi connectivity index (χ4v) is 1.90. The molecule has 0 saturated heterocycles. The Morgan fingerprint density at radius 2 is 2.19 bits per heavy atom. The van der Waals surface area contributed by atoms with Crippen LogP contribution in [0.15, 0.2) is 30.3 Å². The Morgan fingerprint density at radius 1 is 1.48 bits per heavy atom. The molecule has 7 nitrogen and oxygen atoms in total. The van der Waals surface area contributed by atoms with Gasteiger partial charge in [-0.15, -0.1) is 0 Å². The van der Waals surface area contributed by atoms with Crippen molar-refractivity contribution in [2.24, 2.45) is 5.73 Å². The maximum atomic E-state index is 11.0. The van der Waals surface area contributed by atoms with Crippen molar-refractivity contribution < 1.29 is 9.66 Å². The molecule has 0 radical (unpaired) electrons. The number of ether oxygens (including phenoxy) is 1. The smallest absolute Gasteiger partial charge is 0.313 e. The van der Waals surface area contributed by atoms with Gasteiger partial charge in [-0.3, -0.25) is 15.5 Å². The molecule has 0 fully saturated rings. The highest BCUT2D eigenvalue weighted by Crippen LogP contribution is 2.37. The number of nitro benzene ring substituents is 1. The van der Waals surface area contributed by atoms with E-state index in [1.165, 1.54) is 24.3 Å². The molecule has 0 amide bonds. The summed E-state index contributed by atoms with van der Waals surface area (Å²) in [5, 5.41) is 18.5. The number of pyridine rings is 1. The van der Waals surface area contributed by atoms with E-state index in [2.05, 4.69) is 4.98 Å². The molecule has 3 N–H and O–H groups in total. The van der Waals surface area contributed by atoms with Crippen molar-refractivity contribution in [2.45, 2.75) is 6.92 Å². The Morgan fingerprint density at radius 3 is 2.81 bits per heavy atom. The van der Waals surface area contributed by atoms with Crippen LogP contribution in [0.4, 0.5) is 5.69 Å². The van der Waals surface area contributed by atoms with E-state index in [1.807, 2.05) is 0 Å². The lowest BCUT2D eigenvalue weighted by molar-refractivity contribution is -0.385. The fourth-order valence-electron chi connectivity index (χ4n) is 1.69. The number of aromatic nitrogens is 1. The third kappa shape index (κ3) is 3.26. The van der Waals surface area contributed by atoms with Crippen LogP contribution in [-0.4, -0.2) is 15.7 Å². The first-order chi connectivity index (χ1) is 9.88. The van der Waals surface area contributed by atoms with Crippen molar-refractivity contribution in [3.63, 3.8) is 0 Å². The number of para-hydroxylation sites is 1. The van der Waals surface area contributed by atoms with E-state index in [1.54, 1.807) is 13.0 Å². The number of nitro groups is 1. The largest absolute Gasteiger partial charge is 0.430 e. The summed E-state index contributed by atoms with van der Waals surface area (Å²) in [7, 11) is 0. The average molecular weight is 307 g/mol. The molecule has 2 rings (SSSR count). The first kappa shape index (κ1) is 14.7. The van der Waals surface area contributed by atoms with Crippen molar-refractivity contribution in [3.8, 4) is 11.6 Å². The van der Waals surface area contributed by atoms with E-state index in [4.69, 9.17) is 27.5 Å². The first-order valence-electron chi connectivity index (χ1n) is 5.82. The maximum absolute atomic E-state index is 11.0. The quantitative estimate of drug-likeness (QED) is 0.390. The summed E-state index contributed by atoms with van der Waals surface area (Å²) in [5.74, 6) is -0.174. The summed E-state index contributed by atoms with van der Waals surface area (Å²) in [4.78, 5) is 14.5. The van der Waals surface area contributed by atoms with Gasteiger partial charge in [-0.2, -0.15) is 0 Å². The maximum Gasteiger partial charge on any atom is 0.313 e. The Labute approximate surface area is 125 Å². The van der Waals surface area contributed by atoms with Gasteiger partial charge in [-0.1, -0.05) is 17.7 Å². The number of halogens is 1. The highest BCUT2D eigenvalue weighted by molar-refractivity contribution is 6.32. The number of nitrogens with zero attached hydrogens (tertiary/aromatic N) is 2. The summed E-state index contributed by atoms with van der Waals surface area (Å²) in [5.41, 5.74) is 6.12. The second-order valence-electron chi connectivity index (χ2n) is 4.20. The molecule has 0 bridgehead atoms. The normalized spacial score (nSPS) is 10.2. The molecular formula is C13H11ClN4O3. The molecule has 0 saturated carbocycles. The van der Waals surface area contributed by atoms with Gasteiger partial charge in [-0.25, -0.2) is 4.98 Å². The van der Waals surface area contributed by atoms with Crippen LogP contribution in [0.5, 0.6) is 11.6 Å². The van der Waals surface area contributed by atoms with Gasteiger partial charge >= 0.3 is 5.69 Å². The Hall–Kier alpha value is -2.67. The van der Waals surface area contributed by atoms with Gasteiger partial charge < -0.3 is 10.5 Å². The lowest BCUT2D eigenvalue weighted by Crippen LogP contribution is -2.11. The van der Waals surface area contributed by atoms with Crippen molar-refractivity contribution in [1.29, 1.82) is 5.41 Å². The molecule has 1 aromatic carbocycles. The zero-order valence-electron chi connectivity index (χ0n) is 11.0. The van der Waals surface area contributed by atoms with Crippen LogP contribution in [0.1, 0.15) is 11.3 Å². The lowest BCUT2D eigenvalue weighted by atomic mass is 10.2. The third-order valence-electron chi connectivity index (χ3n) is 2.59. The second-order valence-corrected chi connectivity index (χ2v) is 4.60. The molecular weight excluding hydrogens is 296 g/mol.